The van der Waals surface area contributed by atoms with Crippen LogP contribution >= 0.6 is 0 Å². The van der Waals surface area contributed by atoms with E-state index in [0.717, 1.165) is 66.8 Å². The van der Waals surface area contributed by atoms with Crippen LogP contribution in [-0.4, -0.2) is 19.5 Å². The molecule has 0 N–H and O–H groups in total. The summed E-state index contributed by atoms with van der Waals surface area (Å²) in [5, 5.41) is 12.1. The van der Waals surface area contributed by atoms with E-state index in [1.165, 1.54) is 0 Å². The SMILES string of the molecule is Cc1cc(C)nc(-c2ccc(C#N)cc2-n2c3ccccc3c3ccc(-c4cccnc4-c4ccccc4)cc32)n1. The van der Waals surface area contributed by atoms with E-state index in [1.807, 2.05) is 74.6 Å². The van der Waals surface area contributed by atoms with Crippen molar-refractivity contribution in [3.8, 4) is 45.5 Å². The summed E-state index contributed by atoms with van der Waals surface area (Å²) in [4.78, 5) is 14.3. The summed E-state index contributed by atoms with van der Waals surface area (Å²) in [6.45, 7) is 3.96. The monoisotopic (exact) mass is 527 g/mol. The number of aromatic nitrogens is 4. The first-order valence-electron chi connectivity index (χ1n) is 13.5. The largest absolute Gasteiger partial charge is 0.308 e. The summed E-state index contributed by atoms with van der Waals surface area (Å²) in [5.74, 6) is 0.641. The number of benzene rings is 4. The lowest BCUT2D eigenvalue weighted by Crippen LogP contribution is -2.02. The van der Waals surface area contributed by atoms with Gasteiger partial charge >= 0.3 is 0 Å². The zero-order chi connectivity index (χ0) is 27.9. The summed E-state index contributed by atoms with van der Waals surface area (Å²) in [6.07, 6.45) is 1.84. The van der Waals surface area contributed by atoms with E-state index in [4.69, 9.17) is 15.0 Å². The van der Waals surface area contributed by atoms with Gasteiger partial charge in [-0.3, -0.25) is 4.98 Å². The van der Waals surface area contributed by atoms with E-state index in [1.54, 1.807) is 0 Å². The number of fused-ring (bicyclic) bond motifs is 3. The Balaban J connectivity index is 1.55. The van der Waals surface area contributed by atoms with Gasteiger partial charge in [0.05, 0.1) is 34.0 Å². The quantitative estimate of drug-likeness (QED) is 0.230. The molecule has 0 bridgehead atoms. The van der Waals surface area contributed by atoms with Crippen LogP contribution in [0, 0.1) is 25.2 Å². The van der Waals surface area contributed by atoms with E-state index in [-0.39, 0.29) is 0 Å². The van der Waals surface area contributed by atoms with Gasteiger partial charge in [-0.25, -0.2) is 9.97 Å². The predicted octanol–water partition coefficient (Wildman–Crippen LogP) is 8.46. The molecule has 0 unspecified atom stereocenters. The molecule has 194 valence electrons. The number of rotatable bonds is 4. The fraction of sp³-hybridized carbons (Fsp3) is 0.0556. The first kappa shape index (κ1) is 24.4. The zero-order valence-electron chi connectivity index (χ0n) is 22.7. The molecule has 5 heteroatoms. The molecule has 7 aromatic rings. The van der Waals surface area contributed by atoms with Gasteiger partial charge in [-0.05, 0) is 61.9 Å². The highest BCUT2D eigenvalue weighted by atomic mass is 15.0. The third kappa shape index (κ3) is 4.23. The van der Waals surface area contributed by atoms with Gasteiger partial charge in [0.15, 0.2) is 5.82 Å². The minimum absolute atomic E-state index is 0.578. The number of nitriles is 1. The molecule has 5 nitrogen and oxygen atoms in total. The summed E-state index contributed by atoms with van der Waals surface area (Å²) < 4.78 is 2.24. The highest BCUT2D eigenvalue weighted by Gasteiger charge is 2.19. The highest BCUT2D eigenvalue weighted by Crippen LogP contribution is 2.39. The molecule has 0 aliphatic rings. The molecule has 0 aliphatic heterocycles. The second-order valence-electron chi connectivity index (χ2n) is 10.2. The van der Waals surface area contributed by atoms with Crippen LogP contribution in [0.3, 0.4) is 0 Å². The third-order valence-corrected chi connectivity index (χ3v) is 7.43. The standard InChI is InChI=1S/C36H25N5/c1-23-19-24(2)40-36(39-23)31-16-14-25(22-37)20-33(31)41-32-13-7-6-11-29(32)30-17-15-27(21-34(30)41)28-12-8-18-38-35(28)26-9-4-3-5-10-26/h3-21H,1-2H3. The van der Waals surface area contributed by atoms with Crippen molar-refractivity contribution in [1.29, 1.82) is 5.26 Å². The number of para-hydroxylation sites is 1. The lowest BCUT2D eigenvalue weighted by atomic mass is 9.98. The van der Waals surface area contributed by atoms with Crippen molar-refractivity contribution < 1.29 is 0 Å². The van der Waals surface area contributed by atoms with E-state index < -0.39 is 0 Å². The van der Waals surface area contributed by atoms with Crippen molar-refractivity contribution in [2.75, 3.05) is 0 Å². The van der Waals surface area contributed by atoms with Gasteiger partial charge in [-0.1, -0.05) is 66.7 Å². The third-order valence-electron chi connectivity index (χ3n) is 7.43. The minimum atomic E-state index is 0.578. The smallest absolute Gasteiger partial charge is 0.161 e. The molecule has 0 saturated carbocycles. The maximum Gasteiger partial charge on any atom is 0.161 e. The average Bonchev–Trinajstić information content (AvgIpc) is 3.34. The molecule has 0 amide bonds. The lowest BCUT2D eigenvalue weighted by Gasteiger charge is -2.15. The summed E-state index contributed by atoms with van der Waals surface area (Å²) in [7, 11) is 0. The second-order valence-corrected chi connectivity index (χ2v) is 10.2. The second kappa shape index (κ2) is 9.86. The van der Waals surface area contributed by atoms with Crippen LogP contribution in [-0.2, 0) is 0 Å². The Bertz CT molecular complexity index is 2110. The topological polar surface area (TPSA) is 67.4 Å². The Labute approximate surface area is 238 Å². The molecule has 0 saturated heterocycles. The van der Waals surface area contributed by atoms with E-state index in [9.17, 15) is 5.26 Å². The van der Waals surface area contributed by atoms with Crippen LogP contribution in [0.2, 0.25) is 0 Å². The highest BCUT2D eigenvalue weighted by molar-refractivity contribution is 6.11. The summed E-state index contributed by atoms with van der Waals surface area (Å²) in [5.41, 5.74) is 10.3. The van der Waals surface area contributed by atoms with Crippen LogP contribution in [0.15, 0.2) is 115 Å². The molecule has 3 aromatic heterocycles. The molecule has 3 heterocycles. The Morgan fingerprint density at radius 1 is 0.634 bits per heavy atom. The van der Waals surface area contributed by atoms with E-state index >= 15 is 0 Å². The van der Waals surface area contributed by atoms with E-state index in [2.05, 4.69) is 65.2 Å². The molecule has 0 aliphatic carbocycles. The van der Waals surface area contributed by atoms with Crippen LogP contribution < -0.4 is 0 Å². The Morgan fingerprint density at radius 3 is 2.20 bits per heavy atom. The number of hydrogen-bond acceptors (Lipinski definition) is 4. The van der Waals surface area contributed by atoms with Gasteiger partial charge in [0.1, 0.15) is 0 Å². The Morgan fingerprint density at radius 2 is 1.39 bits per heavy atom. The molecule has 4 aromatic carbocycles. The molecule has 0 fully saturated rings. The fourth-order valence-corrected chi connectivity index (χ4v) is 5.68. The summed E-state index contributed by atoms with van der Waals surface area (Å²) >= 11 is 0. The van der Waals surface area contributed by atoms with Gasteiger partial charge in [0.25, 0.3) is 0 Å². The van der Waals surface area contributed by atoms with Crippen LogP contribution in [0.5, 0.6) is 0 Å². The Kier molecular flexibility index (Phi) is 5.88. The van der Waals surface area contributed by atoms with Crippen molar-refractivity contribution in [3.05, 3.63) is 132 Å². The van der Waals surface area contributed by atoms with Crippen molar-refractivity contribution in [2.45, 2.75) is 13.8 Å². The average molecular weight is 528 g/mol. The zero-order valence-corrected chi connectivity index (χ0v) is 22.7. The first-order chi connectivity index (χ1) is 20.1. The van der Waals surface area contributed by atoms with E-state index in [0.29, 0.717) is 11.4 Å². The predicted molar refractivity (Wildman–Crippen MR) is 165 cm³/mol. The maximum absolute atomic E-state index is 9.87. The minimum Gasteiger partial charge on any atom is -0.308 e. The fourth-order valence-electron chi connectivity index (χ4n) is 5.68. The van der Waals surface area contributed by atoms with Crippen molar-refractivity contribution in [2.24, 2.45) is 0 Å². The molecule has 7 rings (SSSR count). The molecular formula is C36H25N5. The summed E-state index contributed by atoms with van der Waals surface area (Å²) in [6, 6.07) is 39.4. The molecule has 0 spiro atoms. The first-order valence-corrected chi connectivity index (χ1v) is 13.5. The van der Waals surface area contributed by atoms with Crippen LogP contribution in [0.1, 0.15) is 17.0 Å². The van der Waals surface area contributed by atoms with Crippen molar-refractivity contribution in [1.82, 2.24) is 19.5 Å². The number of aryl methyl sites for hydroxylation is 2. The van der Waals surface area contributed by atoms with Gasteiger partial charge in [-0.15, -0.1) is 0 Å². The number of hydrogen-bond donors (Lipinski definition) is 0. The maximum atomic E-state index is 9.87. The van der Waals surface area contributed by atoms with Gasteiger partial charge in [0.2, 0.25) is 0 Å². The van der Waals surface area contributed by atoms with Gasteiger partial charge in [-0.2, -0.15) is 5.26 Å². The van der Waals surface area contributed by atoms with Crippen LogP contribution in [0.25, 0.3) is 61.3 Å². The molecular weight excluding hydrogens is 502 g/mol. The van der Waals surface area contributed by atoms with Crippen molar-refractivity contribution >= 4 is 21.8 Å². The number of pyridine rings is 1. The van der Waals surface area contributed by atoms with Crippen LogP contribution in [0.4, 0.5) is 0 Å². The van der Waals surface area contributed by atoms with Gasteiger partial charge in [0, 0.05) is 45.0 Å². The normalized spacial score (nSPS) is 11.1. The lowest BCUT2D eigenvalue weighted by molar-refractivity contribution is 1.05. The molecule has 0 atom stereocenters. The number of nitrogens with zero attached hydrogens (tertiary/aromatic N) is 5. The molecule has 41 heavy (non-hydrogen) atoms. The molecule has 0 radical (unpaired) electrons. The Hall–Kier alpha value is -5.60. The van der Waals surface area contributed by atoms with Gasteiger partial charge < -0.3 is 4.57 Å². The van der Waals surface area contributed by atoms with Crippen molar-refractivity contribution in [3.63, 3.8) is 0 Å².